The van der Waals surface area contributed by atoms with E-state index in [-0.39, 0.29) is 0 Å². The molecule has 0 bridgehead atoms. The van der Waals surface area contributed by atoms with Crippen LogP contribution < -0.4 is 10.2 Å². The molecule has 0 spiro atoms. The summed E-state index contributed by atoms with van der Waals surface area (Å²) in [6.07, 6.45) is -0.494. The van der Waals surface area contributed by atoms with Crippen LogP contribution in [-0.4, -0.2) is 16.7 Å². The Morgan fingerprint density at radius 1 is 1.17 bits per heavy atom. The van der Waals surface area contributed by atoms with Crippen LogP contribution >= 0.6 is 15.9 Å². The SMILES string of the molecule is CC(C)(C)OC(=O)Nc1ccc(N2Cc3ccccc3C2)nc1Br. The van der Waals surface area contributed by atoms with E-state index in [9.17, 15) is 4.79 Å². The van der Waals surface area contributed by atoms with Crippen LogP contribution in [0.4, 0.5) is 16.3 Å². The molecule has 1 amide bonds. The Bertz CT molecular complexity index is 746. The molecule has 0 aliphatic carbocycles. The van der Waals surface area contributed by atoms with Crippen molar-refractivity contribution in [2.75, 3.05) is 10.2 Å². The summed E-state index contributed by atoms with van der Waals surface area (Å²) in [5.41, 5.74) is 2.70. The summed E-state index contributed by atoms with van der Waals surface area (Å²) in [6.45, 7) is 7.17. The first-order valence-electron chi connectivity index (χ1n) is 7.80. The van der Waals surface area contributed by atoms with Crippen molar-refractivity contribution in [2.24, 2.45) is 0 Å². The first-order chi connectivity index (χ1) is 11.3. The van der Waals surface area contributed by atoms with E-state index in [2.05, 4.69) is 55.4 Å². The second-order valence-electron chi connectivity index (χ2n) is 6.76. The lowest BCUT2D eigenvalue weighted by Gasteiger charge is -2.21. The molecule has 2 heterocycles. The molecule has 5 nitrogen and oxygen atoms in total. The number of benzene rings is 1. The van der Waals surface area contributed by atoms with Crippen molar-refractivity contribution in [1.29, 1.82) is 0 Å². The van der Waals surface area contributed by atoms with Gasteiger partial charge in [0, 0.05) is 13.1 Å². The summed E-state index contributed by atoms with van der Waals surface area (Å²) in [5, 5.41) is 2.71. The molecule has 2 aromatic rings. The number of carbonyl (C=O) groups excluding carboxylic acids is 1. The van der Waals surface area contributed by atoms with Crippen LogP contribution in [0.5, 0.6) is 0 Å². The third-order valence-corrected chi connectivity index (χ3v) is 4.24. The maximum atomic E-state index is 11.9. The van der Waals surface area contributed by atoms with E-state index in [0.717, 1.165) is 18.9 Å². The number of nitrogens with zero attached hydrogens (tertiary/aromatic N) is 2. The molecule has 1 aliphatic heterocycles. The molecule has 3 rings (SSSR count). The molecule has 1 aromatic heterocycles. The van der Waals surface area contributed by atoms with Crippen molar-refractivity contribution in [3.8, 4) is 0 Å². The minimum atomic E-state index is -0.536. The number of amides is 1. The Morgan fingerprint density at radius 2 is 1.79 bits per heavy atom. The number of nitrogens with one attached hydrogen (secondary N) is 1. The highest BCUT2D eigenvalue weighted by Crippen LogP contribution is 2.30. The maximum absolute atomic E-state index is 11.9. The van der Waals surface area contributed by atoms with Crippen LogP contribution in [0, 0.1) is 0 Å². The largest absolute Gasteiger partial charge is 0.444 e. The molecule has 0 fully saturated rings. The number of halogens is 1. The van der Waals surface area contributed by atoms with Gasteiger partial charge in [-0.3, -0.25) is 5.32 Å². The molecule has 0 saturated heterocycles. The molecular formula is C18H20BrN3O2. The van der Waals surface area contributed by atoms with Crippen molar-refractivity contribution >= 4 is 33.5 Å². The van der Waals surface area contributed by atoms with Crippen LogP contribution in [0.25, 0.3) is 0 Å². The van der Waals surface area contributed by atoms with Crippen molar-refractivity contribution in [3.05, 3.63) is 52.1 Å². The molecule has 0 unspecified atom stereocenters. The Labute approximate surface area is 150 Å². The Morgan fingerprint density at radius 3 is 2.33 bits per heavy atom. The van der Waals surface area contributed by atoms with Gasteiger partial charge in [0.05, 0.1) is 5.69 Å². The molecular weight excluding hydrogens is 370 g/mol. The fourth-order valence-corrected chi connectivity index (χ4v) is 3.02. The lowest BCUT2D eigenvalue weighted by molar-refractivity contribution is 0.0636. The number of aromatic nitrogens is 1. The van der Waals surface area contributed by atoms with Crippen LogP contribution in [-0.2, 0) is 17.8 Å². The maximum Gasteiger partial charge on any atom is 0.412 e. The summed E-state index contributed by atoms with van der Waals surface area (Å²) in [6, 6.07) is 12.1. The minimum absolute atomic E-state index is 0.494. The third-order valence-electron chi connectivity index (χ3n) is 3.63. The molecule has 1 aromatic carbocycles. The van der Waals surface area contributed by atoms with Crippen LogP contribution in [0.15, 0.2) is 41.0 Å². The zero-order valence-corrected chi connectivity index (χ0v) is 15.6. The third kappa shape index (κ3) is 3.87. The molecule has 24 heavy (non-hydrogen) atoms. The summed E-state index contributed by atoms with van der Waals surface area (Å²) in [4.78, 5) is 18.6. The monoisotopic (exact) mass is 389 g/mol. The van der Waals surface area contributed by atoms with Gasteiger partial charge in [-0.1, -0.05) is 24.3 Å². The van der Waals surface area contributed by atoms with E-state index in [1.807, 2.05) is 32.9 Å². The first-order valence-corrected chi connectivity index (χ1v) is 8.59. The summed E-state index contributed by atoms with van der Waals surface area (Å²) in [7, 11) is 0. The lowest BCUT2D eigenvalue weighted by atomic mass is 10.1. The van der Waals surface area contributed by atoms with E-state index in [4.69, 9.17) is 4.74 Å². The molecule has 6 heteroatoms. The van der Waals surface area contributed by atoms with E-state index in [1.54, 1.807) is 0 Å². The smallest absolute Gasteiger partial charge is 0.412 e. The van der Waals surface area contributed by atoms with E-state index >= 15 is 0 Å². The highest BCUT2D eigenvalue weighted by molar-refractivity contribution is 9.10. The zero-order chi connectivity index (χ0) is 17.3. The number of pyridine rings is 1. The topological polar surface area (TPSA) is 54.5 Å². The van der Waals surface area contributed by atoms with Crippen molar-refractivity contribution in [1.82, 2.24) is 4.98 Å². The first kappa shape index (κ1) is 16.8. The quantitative estimate of drug-likeness (QED) is 0.755. The predicted octanol–water partition coefficient (Wildman–Crippen LogP) is 4.71. The van der Waals surface area contributed by atoms with Gasteiger partial charge in [0.25, 0.3) is 0 Å². The number of carbonyl (C=O) groups is 1. The van der Waals surface area contributed by atoms with Crippen LogP contribution in [0.3, 0.4) is 0 Å². The second-order valence-corrected chi connectivity index (χ2v) is 7.51. The Hall–Kier alpha value is -2.08. The average molecular weight is 390 g/mol. The highest BCUT2D eigenvalue weighted by Gasteiger charge is 2.21. The van der Waals surface area contributed by atoms with Gasteiger partial charge >= 0.3 is 6.09 Å². The fourth-order valence-electron chi connectivity index (χ4n) is 2.60. The average Bonchev–Trinajstić information content (AvgIpc) is 2.91. The van der Waals surface area contributed by atoms with E-state index in [1.165, 1.54) is 11.1 Å². The number of rotatable bonds is 2. The van der Waals surface area contributed by atoms with E-state index in [0.29, 0.717) is 10.3 Å². The predicted molar refractivity (Wildman–Crippen MR) is 98.1 cm³/mol. The van der Waals surface area contributed by atoms with Gasteiger partial charge in [0.1, 0.15) is 16.0 Å². The number of hydrogen-bond donors (Lipinski definition) is 1. The Balaban J connectivity index is 1.71. The van der Waals surface area contributed by atoms with Gasteiger partial charge in [0.2, 0.25) is 0 Å². The van der Waals surface area contributed by atoms with Crippen molar-refractivity contribution < 1.29 is 9.53 Å². The van der Waals surface area contributed by atoms with Gasteiger partial charge in [-0.25, -0.2) is 9.78 Å². The van der Waals surface area contributed by atoms with Crippen LogP contribution in [0.1, 0.15) is 31.9 Å². The summed E-state index contributed by atoms with van der Waals surface area (Å²) < 4.78 is 5.84. The fraction of sp³-hybridized carbons (Fsp3) is 0.333. The number of fused-ring (bicyclic) bond motifs is 1. The summed E-state index contributed by atoms with van der Waals surface area (Å²) in [5.74, 6) is 0.868. The molecule has 0 atom stereocenters. The van der Waals surface area contributed by atoms with Crippen LogP contribution in [0.2, 0.25) is 0 Å². The van der Waals surface area contributed by atoms with Gasteiger partial charge in [-0.2, -0.15) is 0 Å². The molecule has 0 saturated carbocycles. The van der Waals surface area contributed by atoms with Gasteiger partial charge in [-0.15, -0.1) is 0 Å². The van der Waals surface area contributed by atoms with Crippen molar-refractivity contribution in [2.45, 2.75) is 39.5 Å². The number of ether oxygens (including phenoxy) is 1. The second kappa shape index (κ2) is 6.43. The van der Waals surface area contributed by atoms with Gasteiger partial charge in [0.15, 0.2) is 0 Å². The standard InChI is InChI=1S/C18H20BrN3O2/c1-18(2,3)24-17(23)20-14-8-9-15(21-16(14)19)22-10-12-6-4-5-7-13(12)11-22/h4-9H,10-11H2,1-3H3,(H,20,23). The Kier molecular flexibility index (Phi) is 4.49. The van der Waals surface area contributed by atoms with E-state index < -0.39 is 11.7 Å². The number of hydrogen-bond acceptors (Lipinski definition) is 4. The number of anilines is 2. The molecule has 1 N–H and O–H groups in total. The lowest BCUT2D eigenvalue weighted by Crippen LogP contribution is -2.27. The molecule has 1 aliphatic rings. The van der Waals surface area contributed by atoms with Crippen molar-refractivity contribution in [3.63, 3.8) is 0 Å². The van der Waals surface area contributed by atoms with Gasteiger partial charge < -0.3 is 9.64 Å². The minimum Gasteiger partial charge on any atom is -0.444 e. The summed E-state index contributed by atoms with van der Waals surface area (Å²) >= 11 is 3.43. The zero-order valence-electron chi connectivity index (χ0n) is 14.0. The highest BCUT2D eigenvalue weighted by atomic mass is 79.9. The molecule has 126 valence electrons. The molecule has 0 radical (unpaired) electrons. The normalized spacial score (nSPS) is 13.6. The van der Waals surface area contributed by atoms with Gasteiger partial charge in [-0.05, 0) is 60.0 Å².